The molecule has 1 aromatic carbocycles. The van der Waals surface area contributed by atoms with Crippen molar-refractivity contribution in [2.24, 2.45) is 0 Å². The van der Waals surface area contributed by atoms with Gasteiger partial charge in [0.2, 0.25) is 0 Å². The highest BCUT2D eigenvalue weighted by atomic mass is 35.5. The number of hydrogen-bond acceptors (Lipinski definition) is 6. The lowest BCUT2D eigenvalue weighted by atomic mass is 9.90. The van der Waals surface area contributed by atoms with Crippen molar-refractivity contribution in [2.45, 2.75) is 71.1 Å². The van der Waals surface area contributed by atoms with Crippen molar-refractivity contribution in [2.75, 3.05) is 13.2 Å². The molecule has 0 radical (unpaired) electrons. The third-order valence-corrected chi connectivity index (χ3v) is 9.37. The van der Waals surface area contributed by atoms with Crippen molar-refractivity contribution in [3.8, 4) is 11.3 Å². The van der Waals surface area contributed by atoms with Crippen LogP contribution < -0.4 is 5.56 Å². The van der Waals surface area contributed by atoms with Gasteiger partial charge in [-0.3, -0.25) is 9.20 Å². The molecule has 3 aromatic heterocycles. The van der Waals surface area contributed by atoms with Gasteiger partial charge in [-0.05, 0) is 50.9 Å². The normalized spacial score (nSPS) is 18.0. The van der Waals surface area contributed by atoms with E-state index in [0.717, 1.165) is 24.6 Å². The summed E-state index contributed by atoms with van der Waals surface area (Å²) in [5.74, 6) is -0.530. The van der Waals surface area contributed by atoms with Crippen molar-refractivity contribution in [3.05, 3.63) is 80.5 Å². The number of aryl methyl sites for hydroxylation is 1. The highest BCUT2D eigenvalue weighted by Crippen LogP contribution is 2.38. The summed E-state index contributed by atoms with van der Waals surface area (Å²) in [6.07, 6.45) is 6.71. The fraction of sp³-hybridized carbons (Fsp3) is 0.448. The van der Waals surface area contributed by atoms with Gasteiger partial charge in [-0.25, -0.2) is 19.0 Å². The van der Waals surface area contributed by atoms with E-state index in [1.807, 2.05) is 12.4 Å². The zero-order valence-electron chi connectivity index (χ0n) is 23.6. The molecule has 4 aromatic rings. The van der Waals surface area contributed by atoms with Crippen LogP contribution in [0.4, 0.5) is 4.39 Å². The Hall–Kier alpha value is -2.92. The molecular formula is C29H35ClFN5O3Si. The molecular weight excluding hydrogens is 549 g/mol. The lowest BCUT2D eigenvalue weighted by molar-refractivity contribution is 0.00434. The molecule has 0 aliphatic carbocycles. The molecule has 4 heterocycles. The molecule has 0 bridgehead atoms. The monoisotopic (exact) mass is 583 g/mol. The van der Waals surface area contributed by atoms with E-state index in [-0.39, 0.29) is 28.2 Å². The highest BCUT2D eigenvalue weighted by Gasteiger charge is 2.29. The van der Waals surface area contributed by atoms with Crippen molar-refractivity contribution in [3.63, 3.8) is 0 Å². The van der Waals surface area contributed by atoms with E-state index in [0.29, 0.717) is 48.1 Å². The van der Waals surface area contributed by atoms with E-state index < -0.39 is 13.9 Å². The van der Waals surface area contributed by atoms with Gasteiger partial charge in [-0.2, -0.15) is 5.10 Å². The Morgan fingerprint density at radius 3 is 2.75 bits per heavy atom. The fourth-order valence-corrected chi connectivity index (χ4v) is 5.78. The predicted octanol–water partition coefficient (Wildman–Crippen LogP) is 6.31. The molecule has 11 heteroatoms. The first-order valence-corrected chi connectivity index (χ1v) is 17.7. The Kier molecular flexibility index (Phi) is 8.24. The second-order valence-electron chi connectivity index (χ2n) is 11.7. The molecule has 5 rings (SSSR count). The van der Waals surface area contributed by atoms with Gasteiger partial charge in [0.05, 0.1) is 18.0 Å². The number of rotatable bonds is 8. The zero-order chi connectivity index (χ0) is 28.6. The number of nitrogens with zero attached hydrogens (tertiary/aromatic N) is 5. The van der Waals surface area contributed by atoms with Crippen LogP contribution in [0.1, 0.15) is 47.4 Å². The van der Waals surface area contributed by atoms with Crippen LogP contribution in [0.3, 0.4) is 0 Å². The third-order valence-electron chi connectivity index (χ3n) is 7.43. The molecule has 1 fully saturated rings. The van der Waals surface area contributed by atoms with Crippen LogP contribution in [-0.4, -0.2) is 45.4 Å². The average Bonchev–Trinajstić information content (AvgIpc) is 3.38. The van der Waals surface area contributed by atoms with Crippen molar-refractivity contribution < 1.29 is 13.9 Å². The number of halogens is 2. The minimum atomic E-state index is -1.15. The van der Waals surface area contributed by atoms with E-state index in [9.17, 15) is 4.79 Å². The van der Waals surface area contributed by atoms with Gasteiger partial charge in [0.1, 0.15) is 18.2 Å². The van der Waals surface area contributed by atoms with Crippen LogP contribution in [0.15, 0.2) is 41.6 Å². The summed E-state index contributed by atoms with van der Waals surface area (Å²) >= 11 is 6.02. The van der Waals surface area contributed by atoms with Gasteiger partial charge in [0, 0.05) is 67.0 Å². The molecule has 1 saturated heterocycles. The second-order valence-corrected chi connectivity index (χ2v) is 17.8. The molecule has 1 aliphatic rings. The first kappa shape index (κ1) is 28.6. The van der Waals surface area contributed by atoms with Crippen LogP contribution in [0.2, 0.25) is 30.7 Å². The van der Waals surface area contributed by atoms with E-state index in [2.05, 4.69) is 29.7 Å². The summed E-state index contributed by atoms with van der Waals surface area (Å²) in [5, 5.41) is 4.75. The molecule has 1 aliphatic heterocycles. The minimum Gasteiger partial charge on any atom is -0.373 e. The Labute approximate surface area is 239 Å². The molecule has 0 spiro atoms. The minimum absolute atomic E-state index is 0.0119. The summed E-state index contributed by atoms with van der Waals surface area (Å²) in [6, 6.07) is 5.55. The van der Waals surface area contributed by atoms with Crippen LogP contribution in [0, 0.1) is 19.7 Å². The second kappa shape index (κ2) is 11.5. The standard InChI is InChI=1S/C29H35ClFN5O3Si/c1-18-19(2)33-28-27(23-7-6-22(30)13-24(23)31)34-25(16-36(28)29(18)37)20-8-9-39-26(12-20)21-14-32-35(15-21)17-38-10-11-40(3,4)5/h6-7,13-16,20,26H,8-12,17H2,1-5H3. The van der Waals surface area contributed by atoms with Crippen molar-refractivity contribution >= 4 is 25.3 Å². The Morgan fingerprint density at radius 1 is 1.20 bits per heavy atom. The van der Waals surface area contributed by atoms with Gasteiger partial charge in [0.15, 0.2) is 5.65 Å². The molecule has 0 amide bonds. The Balaban J connectivity index is 1.44. The summed E-state index contributed by atoms with van der Waals surface area (Å²) < 4.78 is 30.3. The predicted molar refractivity (Wildman–Crippen MR) is 156 cm³/mol. The van der Waals surface area contributed by atoms with E-state index in [1.165, 1.54) is 10.5 Å². The number of fused-ring (bicyclic) bond motifs is 1. The van der Waals surface area contributed by atoms with Gasteiger partial charge in [-0.15, -0.1) is 0 Å². The quantitative estimate of drug-likeness (QED) is 0.178. The first-order chi connectivity index (χ1) is 19.0. The Bertz CT molecular complexity index is 1600. The fourth-order valence-electron chi connectivity index (χ4n) is 4.86. The number of benzene rings is 1. The van der Waals surface area contributed by atoms with E-state index in [1.54, 1.807) is 36.9 Å². The third kappa shape index (κ3) is 6.20. The summed E-state index contributed by atoms with van der Waals surface area (Å²) in [6.45, 7) is 12.2. The maximum Gasteiger partial charge on any atom is 0.261 e. The van der Waals surface area contributed by atoms with Crippen molar-refractivity contribution in [1.29, 1.82) is 0 Å². The average molecular weight is 584 g/mol. The molecule has 212 valence electrons. The topological polar surface area (TPSA) is 83.5 Å². The number of aromatic nitrogens is 5. The molecule has 8 nitrogen and oxygen atoms in total. The largest absolute Gasteiger partial charge is 0.373 e. The van der Waals surface area contributed by atoms with E-state index >= 15 is 4.39 Å². The lowest BCUT2D eigenvalue weighted by Crippen LogP contribution is -2.24. The zero-order valence-corrected chi connectivity index (χ0v) is 25.3. The Morgan fingerprint density at radius 2 is 2.00 bits per heavy atom. The summed E-state index contributed by atoms with van der Waals surface area (Å²) in [7, 11) is -1.15. The van der Waals surface area contributed by atoms with Gasteiger partial charge < -0.3 is 9.47 Å². The van der Waals surface area contributed by atoms with Gasteiger partial charge in [-0.1, -0.05) is 31.2 Å². The maximum absolute atomic E-state index is 15.1. The number of hydrogen-bond donors (Lipinski definition) is 0. The van der Waals surface area contributed by atoms with Gasteiger partial charge >= 0.3 is 0 Å². The molecule has 0 N–H and O–H groups in total. The van der Waals surface area contributed by atoms with Gasteiger partial charge in [0.25, 0.3) is 5.56 Å². The SMILES string of the molecule is Cc1nc2c(-c3ccc(Cl)cc3F)nc(C3CCOC(c4cnn(COCC[Si](C)(C)C)c4)C3)cn2c(=O)c1C. The maximum atomic E-state index is 15.1. The van der Waals surface area contributed by atoms with Crippen LogP contribution in [-0.2, 0) is 16.2 Å². The first-order valence-electron chi connectivity index (χ1n) is 13.6. The molecule has 2 atom stereocenters. The summed E-state index contributed by atoms with van der Waals surface area (Å²) in [4.78, 5) is 22.8. The summed E-state index contributed by atoms with van der Waals surface area (Å²) in [5.41, 5.74) is 3.48. The van der Waals surface area contributed by atoms with Crippen LogP contribution >= 0.6 is 11.6 Å². The molecule has 0 saturated carbocycles. The molecule has 40 heavy (non-hydrogen) atoms. The van der Waals surface area contributed by atoms with E-state index in [4.69, 9.17) is 26.1 Å². The van der Waals surface area contributed by atoms with Crippen LogP contribution in [0.25, 0.3) is 16.9 Å². The lowest BCUT2D eigenvalue weighted by Gasteiger charge is -2.29. The smallest absolute Gasteiger partial charge is 0.261 e. The van der Waals surface area contributed by atoms with Crippen molar-refractivity contribution in [1.82, 2.24) is 24.1 Å². The number of ether oxygens (including phenoxy) is 2. The highest BCUT2D eigenvalue weighted by molar-refractivity contribution is 6.76. The molecule has 2 unspecified atom stereocenters. The van der Waals surface area contributed by atoms with Crippen LogP contribution in [0.5, 0.6) is 0 Å².